The van der Waals surface area contributed by atoms with E-state index in [1.807, 2.05) is 31.2 Å². The highest BCUT2D eigenvalue weighted by atomic mass is 16.6. The first-order valence-corrected chi connectivity index (χ1v) is 6.40. The largest absolute Gasteiger partial charge is 0.475 e. The Labute approximate surface area is 107 Å². The van der Waals surface area contributed by atoms with Crippen LogP contribution >= 0.6 is 0 Å². The Balaban J connectivity index is 1.94. The molecular weight excluding hydrogens is 230 g/mol. The van der Waals surface area contributed by atoms with E-state index >= 15 is 0 Å². The van der Waals surface area contributed by atoms with Gasteiger partial charge in [-0.3, -0.25) is 0 Å². The van der Waals surface area contributed by atoms with Crippen molar-refractivity contribution in [2.75, 3.05) is 11.9 Å². The zero-order valence-electron chi connectivity index (χ0n) is 10.8. The van der Waals surface area contributed by atoms with Crippen molar-refractivity contribution < 1.29 is 14.3 Å². The van der Waals surface area contributed by atoms with Crippen LogP contribution < -0.4 is 10.1 Å². The van der Waals surface area contributed by atoms with Crippen molar-refractivity contribution in [3.8, 4) is 5.75 Å². The highest BCUT2D eigenvalue weighted by Crippen LogP contribution is 2.28. The number of ether oxygens (including phenoxy) is 2. The van der Waals surface area contributed by atoms with Crippen LogP contribution in [0, 0.1) is 0 Å². The van der Waals surface area contributed by atoms with Gasteiger partial charge in [-0.25, -0.2) is 4.79 Å². The van der Waals surface area contributed by atoms with Crippen LogP contribution in [0.2, 0.25) is 0 Å². The zero-order valence-corrected chi connectivity index (χ0v) is 10.8. The van der Waals surface area contributed by atoms with Gasteiger partial charge in [0.05, 0.1) is 18.3 Å². The van der Waals surface area contributed by atoms with E-state index < -0.39 is 6.10 Å². The number of hydrogen-bond acceptors (Lipinski definition) is 4. The van der Waals surface area contributed by atoms with E-state index in [0.717, 1.165) is 18.5 Å². The normalized spacial score (nSPS) is 19.1. The predicted octanol–water partition coefficient (Wildman–Crippen LogP) is 2.59. The summed E-state index contributed by atoms with van der Waals surface area (Å²) in [6.07, 6.45) is 1.27. The second-order valence-corrected chi connectivity index (χ2v) is 4.52. The number of hydrogen-bond donors (Lipinski definition) is 1. The molecule has 2 unspecified atom stereocenters. The number of carbonyl (C=O) groups is 1. The molecule has 0 fully saturated rings. The van der Waals surface area contributed by atoms with Crippen LogP contribution in [-0.4, -0.2) is 24.7 Å². The van der Waals surface area contributed by atoms with Gasteiger partial charge in [0.2, 0.25) is 6.10 Å². The Bertz CT molecular complexity index is 419. The first-order valence-electron chi connectivity index (χ1n) is 6.40. The van der Waals surface area contributed by atoms with Crippen molar-refractivity contribution in [2.45, 2.75) is 38.9 Å². The minimum absolute atomic E-state index is 0.0525. The molecule has 0 saturated carbocycles. The molecule has 2 atom stereocenters. The van der Waals surface area contributed by atoms with Crippen LogP contribution in [0.1, 0.15) is 26.7 Å². The molecule has 0 aromatic heterocycles. The maximum Gasteiger partial charge on any atom is 0.349 e. The zero-order chi connectivity index (χ0) is 13.0. The highest BCUT2D eigenvalue weighted by Gasteiger charge is 2.27. The Morgan fingerprint density at radius 1 is 1.56 bits per heavy atom. The number of esters is 1. The molecule has 0 bridgehead atoms. The third-order valence-corrected chi connectivity index (χ3v) is 2.91. The van der Waals surface area contributed by atoms with E-state index in [9.17, 15) is 4.79 Å². The average molecular weight is 249 g/mol. The first-order chi connectivity index (χ1) is 8.70. The Morgan fingerprint density at radius 2 is 2.33 bits per heavy atom. The highest BCUT2D eigenvalue weighted by molar-refractivity contribution is 5.77. The fourth-order valence-electron chi connectivity index (χ4n) is 1.98. The van der Waals surface area contributed by atoms with Crippen molar-refractivity contribution in [2.24, 2.45) is 0 Å². The van der Waals surface area contributed by atoms with E-state index in [1.165, 1.54) is 0 Å². The van der Waals surface area contributed by atoms with Gasteiger partial charge in [0.15, 0.2) is 0 Å². The van der Waals surface area contributed by atoms with Crippen molar-refractivity contribution in [3.63, 3.8) is 0 Å². The quantitative estimate of drug-likeness (QED) is 0.833. The molecule has 1 heterocycles. The van der Waals surface area contributed by atoms with Crippen LogP contribution in [0.15, 0.2) is 24.3 Å². The molecule has 0 saturated heterocycles. The maximum atomic E-state index is 11.9. The van der Waals surface area contributed by atoms with Gasteiger partial charge in [0.25, 0.3) is 0 Å². The molecule has 1 aliphatic heterocycles. The van der Waals surface area contributed by atoms with Crippen molar-refractivity contribution in [1.82, 2.24) is 0 Å². The molecule has 0 radical (unpaired) electrons. The lowest BCUT2D eigenvalue weighted by atomic mass is 10.2. The number of benzene rings is 1. The summed E-state index contributed by atoms with van der Waals surface area (Å²) in [5.41, 5.74) is 0.920. The van der Waals surface area contributed by atoms with Crippen molar-refractivity contribution in [1.29, 1.82) is 0 Å². The standard InChI is InChI=1S/C14H19NO3/c1-3-6-10(2)17-14(16)13-9-15-11-7-4-5-8-12(11)18-13/h4-5,7-8,10,13,15H,3,6,9H2,1-2H3. The summed E-state index contributed by atoms with van der Waals surface area (Å²) in [5, 5.41) is 3.17. The molecule has 4 nitrogen and oxygen atoms in total. The fourth-order valence-corrected chi connectivity index (χ4v) is 1.98. The van der Waals surface area contributed by atoms with Crippen LogP contribution in [-0.2, 0) is 9.53 Å². The summed E-state index contributed by atoms with van der Waals surface area (Å²) in [6, 6.07) is 7.58. The molecule has 1 aromatic carbocycles. The topological polar surface area (TPSA) is 47.6 Å². The summed E-state index contributed by atoms with van der Waals surface area (Å²) in [4.78, 5) is 11.9. The van der Waals surface area contributed by atoms with Crippen LogP contribution in [0.3, 0.4) is 0 Å². The molecule has 1 N–H and O–H groups in total. The number of rotatable bonds is 4. The maximum absolute atomic E-state index is 11.9. The van der Waals surface area contributed by atoms with Crippen LogP contribution in [0.4, 0.5) is 5.69 Å². The summed E-state index contributed by atoms with van der Waals surface area (Å²) < 4.78 is 11.0. The van der Waals surface area contributed by atoms with Crippen LogP contribution in [0.5, 0.6) is 5.75 Å². The second kappa shape index (κ2) is 5.76. The molecule has 0 aliphatic carbocycles. The fraction of sp³-hybridized carbons (Fsp3) is 0.500. The molecule has 98 valence electrons. The van der Waals surface area contributed by atoms with Crippen LogP contribution in [0.25, 0.3) is 0 Å². The lowest BCUT2D eigenvalue weighted by Gasteiger charge is -2.26. The second-order valence-electron chi connectivity index (χ2n) is 4.52. The van der Waals surface area contributed by atoms with E-state index in [-0.39, 0.29) is 12.1 Å². The van der Waals surface area contributed by atoms with Gasteiger partial charge >= 0.3 is 5.97 Å². The predicted molar refractivity (Wildman–Crippen MR) is 69.8 cm³/mol. The summed E-state index contributed by atoms with van der Waals surface area (Å²) in [5.74, 6) is 0.409. The minimum atomic E-state index is -0.556. The van der Waals surface area contributed by atoms with E-state index in [4.69, 9.17) is 9.47 Å². The molecule has 0 spiro atoms. The van der Waals surface area contributed by atoms with E-state index in [1.54, 1.807) is 0 Å². The number of anilines is 1. The lowest BCUT2D eigenvalue weighted by molar-refractivity contribution is -0.156. The van der Waals surface area contributed by atoms with Gasteiger partial charge in [0.1, 0.15) is 5.75 Å². The molecule has 4 heteroatoms. The molecule has 18 heavy (non-hydrogen) atoms. The monoisotopic (exact) mass is 249 g/mol. The average Bonchev–Trinajstić information content (AvgIpc) is 2.38. The third-order valence-electron chi connectivity index (χ3n) is 2.91. The van der Waals surface area contributed by atoms with Gasteiger partial charge in [-0.2, -0.15) is 0 Å². The van der Waals surface area contributed by atoms with Gasteiger partial charge < -0.3 is 14.8 Å². The Morgan fingerprint density at radius 3 is 3.11 bits per heavy atom. The number of fused-ring (bicyclic) bond motifs is 1. The SMILES string of the molecule is CCCC(C)OC(=O)C1CNc2ccccc2O1. The lowest BCUT2D eigenvalue weighted by Crippen LogP contribution is -2.40. The number of para-hydroxylation sites is 2. The summed E-state index contributed by atoms with van der Waals surface area (Å²) >= 11 is 0. The number of carbonyl (C=O) groups excluding carboxylic acids is 1. The van der Waals surface area contributed by atoms with Gasteiger partial charge in [-0.15, -0.1) is 0 Å². The summed E-state index contributed by atoms with van der Waals surface area (Å²) in [7, 11) is 0. The van der Waals surface area contributed by atoms with E-state index in [2.05, 4.69) is 12.2 Å². The summed E-state index contributed by atoms with van der Waals surface area (Å²) in [6.45, 7) is 4.43. The Kier molecular flexibility index (Phi) is 4.07. The van der Waals surface area contributed by atoms with Gasteiger partial charge in [0, 0.05) is 0 Å². The molecule has 0 amide bonds. The van der Waals surface area contributed by atoms with Crippen molar-refractivity contribution in [3.05, 3.63) is 24.3 Å². The Hall–Kier alpha value is -1.71. The smallest absolute Gasteiger partial charge is 0.349 e. The molecule has 1 aromatic rings. The molecule has 2 rings (SSSR count). The number of nitrogens with one attached hydrogen (secondary N) is 1. The molecule has 1 aliphatic rings. The van der Waals surface area contributed by atoms with Gasteiger partial charge in [-0.1, -0.05) is 25.5 Å². The van der Waals surface area contributed by atoms with Gasteiger partial charge in [-0.05, 0) is 25.5 Å². The molecular formula is C14H19NO3. The van der Waals surface area contributed by atoms with E-state index in [0.29, 0.717) is 12.3 Å². The first kappa shape index (κ1) is 12.7. The third kappa shape index (κ3) is 2.94. The van der Waals surface area contributed by atoms with Crippen molar-refractivity contribution >= 4 is 11.7 Å². The minimum Gasteiger partial charge on any atom is -0.475 e.